The van der Waals surface area contributed by atoms with Crippen LogP contribution in [0, 0.1) is 5.82 Å². The van der Waals surface area contributed by atoms with Crippen molar-refractivity contribution in [1.29, 1.82) is 0 Å². The quantitative estimate of drug-likeness (QED) is 0.805. The summed E-state index contributed by atoms with van der Waals surface area (Å²) in [6.07, 6.45) is 0. The van der Waals surface area contributed by atoms with Crippen LogP contribution < -0.4 is 10.1 Å². The standard InChI is InChI=1S/C19H24FN3O2S/c1-22-7-9-23(10-8-22)18(15-6-11-26-14-15)12-21-19(24)13-25-17-4-2-16(20)3-5-17/h2-6,11,14,18H,7-10,12-13H2,1H3,(H,21,24)/t18-/m1/s1. The molecule has 1 aromatic carbocycles. The minimum atomic E-state index is -0.326. The van der Waals surface area contributed by atoms with Crippen LogP contribution in [0.5, 0.6) is 5.75 Å². The molecule has 140 valence electrons. The molecule has 1 aromatic heterocycles. The van der Waals surface area contributed by atoms with Gasteiger partial charge in [-0.3, -0.25) is 9.69 Å². The number of carbonyl (C=O) groups is 1. The highest BCUT2D eigenvalue weighted by molar-refractivity contribution is 7.07. The molecule has 1 atom stereocenters. The maximum absolute atomic E-state index is 12.9. The Labute approximate surface area is 157 Å². The number of benzene rings is 1. The Morgan fingerprint density at radius 2 is 1.96 bits per heavy atom. The number of piperazine rings is 1. The zero-order chi connectivity index (χ0) is 18.4. The van der Waals surface area contributed by atoms with Crippen LogP contribution in [0.3, 0.4) is 0 Å². The first kappa shape index (κ1) is 18.8. The van der Waals surface area contributed by atoms with Gasteiger partial charge < -0.3 is 15.0 Å². The van der Waals surface area contributed by atoms with Crippen LogP contribution >= 0.6 is 11.3 Å². The van der Waals surface area contributed by atoms with Crippen molar-refractivity contribution < 1.29 is 13.9 Å². The number of thiophene rings is 1. The topological polar surface area (TPSA) is 44.8 Å². The van der Waals surface area contributed by atoms with E-state index < -0.39 is 0 Å². The van der Waals surface area contributed by atoms with E-state index in [1.165, 1.54) is 29.8 Å². The van der Waals surface area contributed by atoms with Crippen LogP contribution in [0.25, 0.3) is 0 Å². The van der Waals surface area contributed by atoms with Crippen molar-refractivity contribution >= 4 is 17.2 Å². The molecule has 2 heterocycles. The first-order valence-electron chi connectivity index (χ1n) is 8.71. The molecule has 1 amide bonds. The van der Waals surface area contributed by atoms with Gasteiger partial charge in [0.2, 0.25) is 0 Å². The number of likely N-dealkylation sites (N-methyl/N-ethyl adjacent to an activating group) is 1. The summed E-state index contributed by atoms with van der Waals surface area (Å²) in [5.74, 6) is -0.0220. The summed E-state index contributed by atoms with van der Waals surface area (Å²) in [6.45, 7) is 4.50. The smallest absolute Gasteiger partial charge is 0.258 e. The highest BCUT2D eigenvalue weighted by Gasteiger charge is 2.24. The molecule has 1 saturated heterocycles. The predicted molar refractivity (Wildman–Crippen MR) is 101 cm³/mol. The van der Waals surface area contributed by atoms with Crippen LogP contribution in [0.2, 0.25) is 0 Å². The van der Waals surface area contributed by atoms with Gasteiger partial charge in [0, 0.05) is 32.7 Å². The fraction of sp³-hybridized carbons (Fsp3) is 0.421. The molecule has 0 aliphatic carbocycles. The summed E-state index contributed by atoms with van der Waals surface area (Å²) >= 11 is 1.67. The van der Waals surface area contributed by atoms with E-state index in [0.29, 0.717) is 12.3 Å². The van der Waals surface area contributed by atoms with Gasteiger partial charge in [-0.2, -0.15) is 11.3 Å². The lowest BCUT2D eigenvalue weighted by atomic mass is 10.1. The van der Waals surface area contributed by atoms with E-state index in [4.69, 9.17) is 4.74 Å². The summed E-state index contributed by atoms with van der Waals surface area (Å²) in [5.41, 5.74) is 1.24. The second kappa shape index (κ2) is 9.12. The Morgan fingerprint density at radius 1 is 1.23 bits per heavy atom. The van der Waals surface area contributed by atoms with E-state index in [1.54, 1.807) is 11.3 Å². The molecule has 3 rings (SSSR count). The normalized spacial score (nSPS) is 17.0. The van der Waals surface area contributed by atoms with Crippen LogP contribution in [-0.4, -0.2) is 62.1 Å². The van der Waals surface area contributed by atoms with Gasteiger partial charge in [-0.25, -0.2) is 4.39 Å². The fourth-order valence-corrected chi connectivity index (χ4v) is 3.70. The van der Waals surface area contributed by atoms with Crippen LogP contribution in [0.15, 0.2) is 41.1 Å². The molecule has 0 spiro atoms. The molecule has 1 aliphatic heterocycles. The van der Waals surface area contributed by atoms with Crippen molar-refractivity contribution in [3.05, 3.63) is 52.5 Å². The molecule has 26 heavy (non-hydrogen) atoms. The zero-order valence-electron chi connectivity index (χ0n) is 14.9. The Hall–Kier alpha value is -1.96. The van der Waals surface area contributed by atoms with Crippen molar-refractivity contribution in [3.63, 3.8) is 0 Å². The SMILES string of the molecule is CN1CCN([C@H](CNC(=O)COc2ccc(F)cc2)c2ccsc2)CC1. The molecule has 0 saturated carbocycles. The summed E-state index contributed by atoms with van der Waals surface area (Å²) in [7, 11) is 2.13. The minimum Gasteiger partial charge on any atom is -0.484 e. The number of nitrogens with one attached hydrogen (secondary N) is 1. The fourth-order valence-electron chi connectivity index (χ4n) is 3.00. The Morgan fingerprint density at radius 3 is 2.62 bits per heavy atom. The molecule has 5 nitrogen and oxygen atoms in total. The highest BCUT2D eigenvalue weighted by atomic mass is 32.1. The lowest BCUT2D eigenvalue weighted by Crippen LogP contribution is -2.48. The highest BCUT2D eigenvalue weighted by Crippen LogP contribution is 2.23. The maximum Gasteiger partial charge on any atom is 0.258 e. The predicted octanol–water partition coefficient (Wildman–Crippen LogP) is 2.37. The molecule has 2 aromatic rings. The third-order valence-corrected chi connectivity index (χ3v) is 5.28. The second-order valence-electron chi connectivity index (χ2n) is 6.46. The van der Waals surface area contributed by atoms with Gasteiger partial charge in [-0.1, -0.05) is 0 Å². The Balaban J connectivity index is 1.52. The average molecular weight is 377 g/mol. The van der Waals surface area contributed by atoms with E-state index in [-0.39, 0.29) is 24.4 Å². The van der Waals surface area contributed by atoms with E-state index in [9.17, 15) is 9.18 Å². The van der Waals surface area contributed by atoms with E-state index >= 15 is 0 Å². The van der Waals surface area contributed by atoms with Crippen LogP contribution in [0.4, 0.5) is 4.39 Å². The number of nitrogens with zero attached hydrogens (tertiary/aromatic N) is 2. The first-order valence-corrected chi connectivity index (χ1v) is 9.66. The van der Waals surface area contributed by atoms with Gasteiger partial charge in [-0.05, 0) is 53.7 Å². The molecule has 1 aliphatic rings. The minimum absolute atomic E-state index is 0.0786. The molecule has 0 unspecified atom stereocenters. The molecule has 0 bridgehead atoms. The lowest BCUT2D eigenvalue weighted by Gasteiger charge is -2.38. The van der Waals surface area contributed by atoms with Crippen molar-refractivity contribution in [3.8, 4) is 5.75 Å². The maximum atomic E-state index is 12.9. The van der Waals surface area contributed by atoms with E-state index in [1.807, 2.05) is 0 Å². The van der Waals surface area contributed by atoms with Crippen molar-refractivity contribution in [2.75, 3.05) is 46.4 Å². The zero-order valence-corrected chi connectivity index (χ0v) is 15.7. The Kier molecular flexibility index (Phi) is 6.60. The summed E-state index contributed by atoms with van der Waals surface area (Å²) in [5, 5.41) is 7.18. The van der Waals surface area contributed by atoms with Gasteiger partial charge in [0.05, 0.1) is 6.04 Å². The lowest BCUT2D eigenvalue weighted by molar-refractivity contribution is -0.123. The number of halogens is 1. The molecule has 0 radical (unpaired) electrons. The monoisotopic (exact) mass is 377 g/mol. The van der Waals surface area contributed by atoms with Gasteiger partial charge in [0.25, 0.3) is 5.91 Å². The summed E-state index contributed by atoms with van der Waals surface area (Å²) < 4.78 is 18.3. The molecule has 1 fully saturated rings. The van der Waals surface area contributed by atoms with Crippen molar-refractivity contribution in [2.24, 2.45) is 0 Å². The van der Waals surface area contributed by atoms with Crippen molar-refractivity contribution in [2.45, 2.75) is 6.04 Å². The van der Waals surface area contributed by atoms with Gasteiger partial charge >= 0.3 is 0 Å². The first-order chi connectivity index (χ1) is 12.6. The summed E-state index contributed by atoms with van der Waals surface area (Å²) in [6, 6.07) is 7.95. The molecular weight excluding hydrogens is 353 g/mol. The number of ether oxygens (including phenoxy) is 1. The van der Waals surface area contributed by atoms with Crippen molar-refractivity contribution in [1.82, 2.24) is 15.1 Å². The molecule has 7 heteroatoms. The largest absolute Gasteiger partial charge is 0.484 e. The van der Waals surface area contributed by atoms with E-state index in [2.05, 4.69) is 39.0 Å². The van der Waals surface area contributed by atoms with Gasteiger partial charge in [0.15, 0.2) is 6.61 Å². The third-order valence-electron chi connectivity index (χ3n) is 4.58. The number of amides is 1. The molecular formula is C19H24FN3O2S. The summed E-state index contributed by atoms with van der Waals surface area (Å²) in [4.78, 5) is 16.9. The Bertz CT molecular complexity index is 685. The molecule has 1 N–H and O–H groups in total. The number of carbonyl (C=O) groups excluding carboxylic acids is 1. The number of hydrogen-bond donors (Lipinski definition) is 1. The number of rotatable bonds is 7. The van der Waals surface area contributed by atoms with Gasteiger partial charge in [-0.15, -0.1) is 0 Å². The average Bonchev–Trinajstić information content (AvgIpc) is 3.17. The van der Waals surface area contributed by atoms with Crippen LogP contribution in [-0.2, 0) is 4.79 Å². The van der Waals surface area contributed by atoms with E-state index in [0.717, 1.165) is 26.2 Å². The van der Waals surface area contributed by atoms with Gasteiger partial charge in [0.1, 0.15) is 11.6 Å². The number of hydrogen-bond acceptors (Lipinski definition) is 5. The van der Waals surface area contributed by atoms with Crippen LogP contribution in [0.1, 0.15) is 11.6 Å². The second-order valence-corrected chi connectivity index (χ2v) is 7.24. The third kappa shape index (κ3) is 5.27.